The Morgan fingerprint density at radius 1 is 0.969 bits per heavy atom. The number of hydrogen-bond acceptors (Lipinski definition) is 6. The van der Waals surface area contributed by atoms with E-state index in [1.807, 2.05) is 0 Å². The summed E-state index contributed by atoms with van der Waals surface area (Å²) in [5, 5.41) is 0. The Bertz CT molecular complexity index is 817. The summed E-state index contributed by atoms with van der Waals surface area (Å²) in [6.45, 7) is 9.42. The first kappa shape index (κ1) is 23.3. The van der Waals surface area contributed by atoms with Gasteiger partial charge >= 0.3 is 17.9 Å². The highest BCUT2D eigenvalue weighted by Crippen LogP contribution is 2.66. The molecule has 6 nitrogen and oxygen atoms in total. The molecule has 0 aromatic heterocycles. The highest BCUT2D eigenvalue weighted by atomic mass is 16.6. The Kier molecular flexibility index (Phi) is 6.19. The largest absolute Gasteiger partial charge is 0.465 e. The van der Waals surface area contributed by atoms with Gasteiger partial charge in [-0.05, 0) is 61.7 Å². The Morgan fingerprint density at radius 2 is 1.69 bits per heavy atom. The fourth-order valence-electron chi connectivity index (χ4n) is 7.89. The summed E-state index contributed by atoms with van der Waals surface area (Å²) in [6.07, 6.45) is 9.12. The van der Waals surface area contributed by atoms with E-state index in [9.17, 15) is 14.4 Å². The highest BCUT2D eigenvalue weighted by molar-refractivity contribution is 5.67. The van der Waals surface area contributed by atoms with Crippen LogP contribution < -0.4 is 0 Å². The topological polar surface area (TPSA) is 78.9 Å². The fraction of sp³-hybridized carbons (Fsp3) is 0.808. The van der Waals surface area contributed by atoms with Gasteiger partial charge in [0.2, 0.25) is 0 Å². The van der Waals surface area contributed by atoms with Crippen LogP contribution in [0, 0.1) is 34.5 Å². The van der Waals surface area contributed by atoms with Gasteiger partial charge in [-0.1, -0.05) is 25.5 Å². The van der Waals surface area contributed by atoms with Gasteiger partial charge in [-0.25, -0.2) is 0 Å². The lowest BCUT2D eigenvalue weighted by molar-refractivity contribution is -0.162. The van der Waals surface area contributed by atoms with Crippen molar-refractivity contribution in [2.24, 2.45) is 34.5 Å². The predicted octanol–water partition coefficient (Wildman–Crippen LogP) is 4.60. The van der Waals surface area contributed by atoms with Crippen LogP contribution in [0.2, 0.25) is 0 Å². The van der Waals surface area contributed by atoms with E-state index in [1.165, 1.54) is 26.3 Å². The Balaban J connectivity index is 1.58. The first-order valence-corrected chi connectivity index (χ1v) is 12.2. The normalized spacial score (nSPS) is 42.6. The van der Waals surface area contributed by atoms with E-state index in [0.29, 0.717) is 24.4 Å². The van der Waals surface area contributed by atoms with E-state index in [2.05, 4.69) is 19.9 Å². The molecule has 0 radical (unpaired) electrons. The Labute approximate surface area is 191 Å². The molecule has 6 heteroatoms. The predicted molar refractivity (Wildman–Crippen MR) is 118 cm³/mol. The summed E-state index contributed by atoms with van der Waals surface area (Å²) in [6, 6.07) is 0. The molecule has 0 saturated heterocycles. The quantitative estimate of drug-likeness (QED) is 0.357. The molecule has 32 heavy (non-hydrogen) atoms. The van der Waals surface area contributed by atoms with Crippen molar-refractivity contribution in [3.8, 4) is 0 Å². The molecule has 0 N–H and O–H groups in total. The summed E-state index contributed by atoms with van der Waals surface area (Å²) >= 11 is 0. The first-order valence-electron chi connectivity index (χ1n) is 12.2. The van der Waals surface area contributed by atoms with Gasteiger partial charge in [0.05, 0.1) is 6.61 Å². The third kappa shape index (κ3) is 3.99. The fourth-order valence-corrected chi connectivity index (χ4v) is 7.89. The zero-order chi connectivity index (χ0) is 23.3. The lowest BCUT2D eigenvalue weighted by Crippen LogP contribution is -2.52. The number of fused-ring (bicyclic) bond motifs is 5. The third-order valence-corrected chi connectivity index (χ3v) is 9.26. The molecule has 4 aliphatic rings. The highest BCUT2D eigenvalue weighted by Gasteiger charge is 2.62. The van der Waals surface area contributed by atoms with Gasteiger partial charge in [0.25, 0.3) is 0 Å². The molecule has 0 amide bonds. The number of allylic oxidation sites excluding steroid dienone is 1. The number of rotatable bonds is 4. The summed E-state index contributed by atoms with van der Waals surface area (Å²) in [4.78, 5) is 34.9. The van der Waals surface area contributed by atoms with Crippen LogP contribution in [0.25, 0.3) is 0 Å². The lowest BCUT2D eigenvalue weighted by atomic mass is 9.48. The second-order valence-corrected chi connectivity index (χ2v) is 11.1. The zero-order valence-corrected chi connectivity index (χ0v) is 20.1. The second-order valence-electron chi connectivity index (χ2n) is 11.1. The van der Waals surface area contributed by atoms with Crippen molar-refractivity contribution in [3.05, 3.63) is 11.6 Å². The molecule has 0 heterocycles. The van der Waals surface area contributed by atoms with Gasteiger partial charge in [-0.2, -0.15) is 0 Å². The molecule has 0 spiro atoms. The van der Waals surface area contributed by atoms with E-state index in [4.69, 9.17) is 14.2 Å². The summed E-state index contributed by atoms with van der Waals surface area (Å²) in [5.41, 5.74) is 1.52. The summed E-state index contributed by atoms with van der Waals surface area (Å²) in [5.74, 6) is 0.877. The molecule has 3 saturated carbocycles. The number of carbonyl (C=O) groups excluding carboxylic acids is 3. The van der Waals surface area contributed by atoms with E-state index in [1.54, 1.807) is 0 Å². The Hall–Kier alpha value is -1.85. The van der Waals surface area contributed by atoms with Crippen molar-refractivity contribution in [3.63, 3.8) is 0 Å². The first-order chi connectivity index (χ1) is 15.0. The third-order valence-electron chi connectivity index (χ3n) is 9.26. The average molecular weight is 447 g/mol. The molecule has 0 aliphatic heterocycles. The summed E-state index contributed by atoms with van der Waals surface area (Å²) < 4.78 is 16.8. The van der Waals surface area contributed by atoms with Gasteiger partial charge in [-0.3, -0.25) is 14.4 Å². The van der Waals surface area contributed by atoms with Crippen LogP contribution in [0.4, 0.5) is 0 Å². The van der Waals surface area contributed by atoms with Crippen LogP contribution in [-0.4, -0.2) is 36.7 Å². The summed E-state index contributed by atoms with van der Waals surface area (Å²) in [7, 11) is 0. The maximum atomic E-state index is 12.0. The Morgan fingerprint density at radius 3 is 2.34 bits per heavy atom. The number of ether oxygens (including phenoxy) is 3. The number of hydrogen-bond donors (Lipinski definition) is 0. The lowest BCUT2D eigenvalue weighted by Gasteiger charge is -2.57. The second kappa shape index (κ2) is 8.49. The smallest absolute Gasteiger partial charge is 0.302 e. The minimum atomic E-state index is -0.285. The standard InChI is InChI=1S/C26H38O6/c1-15(27)30-14-18-12-23-21-7-6-19-13-20(31-16(2)28)8-10-25(19,4)22(21)9-11-26(23,5)24(18)32-17(3)29/h6,18,20-24H,7-14H2,1-5H3/t18-,20-,21+,22-,23-,24-,25-,26-/m0/s1. The average Bonchev–Trinajstić information content (AvgIpc) is 2.98. The zero-order valence-electron chi connectivity index (χ0n) is 20.1. The molecule has 0 unspecified atom stereocenters. The van der Waals surface area contributed by atoms with Crippen molar-refractivity contribution >= 4 is 17.9 Å². The minimum absolute atomic E-state index is 0.00479. The van der Waals surface area contributed by atoms with Crippen molar-refractivity contribution in [1.82, 2.24) is 0 Å². The van der Waals surface area contributed by atoms with E-state index in [0.717, 1.165) is 44.9 Å². The molecule has 4 rings (SSSR count). The van der Waals surface area contributed by atoms with Crippen LogP contribution in [0.15, 0.2) is 11.6 Å². The molecule has 8 atom stereocenters. The van der Waals surface area contributed by atoms with Crippen molar-refractivity contribution in [2.45, 2.75) is 91.8 Å². The molecule has 0 aromatic carbocycles. The van der Waals surface area contributed by atoms with E-state index in [-0.39, 0.29) is 46.9 Å². The van der Waals surface area contributed by atoms with Crippen LogP contribution in [0.5, 0.6) is 0 Å². The van der Waals surface area contributed by atoms with Gasteiger partial charge in [0.15, 0.2) is 0 Å². The molecule has 178 valence electrons. The van der Waals surface area contributed by atoms with E-state index >= 15 is 0 Å². The van der Waals surface area contributed by atoms with Gasteiger partial charge in [-0.15, -0.1) is 0 Å². The maximum Gasteiger partial charge on any atom is 0.302 e. The minimum Gasteiger partial charge on any atom is -0.465 e. The maximum absolute atomic E-state index is 12.0. The molecule has 0 bridgehead atoms. The molecule has 4 aliphatic carbocycles. The van der Waals surface area contributed by atoms with Crippen molar-refractivity contribution in [1.29, 1.82) is 0 Å². The van der Waals surface area contributed by atoms with Gasteiger partial charge in [0.1, 0.15) is 12.2 Å². The number of carbonyl (C=O) groups is 3. The SMILES string of the molecule is CC(=O)OC[C@@H]1C[C@H]2[C@@H]3CC=C4C[C@@H](OC(C)=O)CC[C@]4(C)[C@H]3CC[C@]2(C)[C@H]1OC(C)=O. The van der Waals surface area contributed by atoms with E-state index < -0.39 is 0 Å². The number of esters is 3. The van der Waals surface area contributed by atoms with Crippen molar-refractivity contribution in [2.75, 3.05) is 6.61 Å². The van der Waals surface area contributed by atoms with Crippen LogP contribution >= 0.6 is 0 Å². The van der Waals surface area contributed by atoms with Gasteiger partial charge < -0.3 is 14.2 Å². The van der Waals surface area contributed by atoms with Gasteiger partial charge in [0, 0.05) is 38.5 Å². The van der Waals surface area contributed by atoms with Crippen LogP contribution in [0.1, 0.15) is 79.6 Å². The van der Waals surface area contributed by atoms with Crippen LogP contribution in [-0.2, 0) is 28.6 Å². The molecule has 3 fully saturated rings. The van der Waals surface area contributed by atoms with Crippen LogP contribution in [0.3, 0.4) is 0 Å². The monoisotopic (exact) mass is 446 g/mol. The molecule has 0 aromatic rings. The molecular weight excluding hydrogens is 408 g/mol. The molecular formula is C26H38O6. The van der Waals surface area contributed by atoms with Crippen molar-refractivity contribution < 1.29 is 28.6 Å².